The normalized spacial score (nSPS) is 23.4. The number of ether oxygens (including phenoxy) is 2. The number of benzene rings is 1. The molecule has 3 aliphatic rings. The number of hydrogen-bond acceptors (Lipinski definition) is 8. The second kappa shape index (κ2) is 9.32. The van der Waals surface area contributed by atoms with Gasteiger partial charge in [0.1, 0.15) is 22.1 Å². The first-order valence-electron chi connectivity index (χ1n) is 12.2. The summed E-state index contributed by atoms with van der Waals surface area (Å²) in [4.78, 5) is 18.1. The third kappa shape index (κ3) is 4.91. The Labute approximate surface area is 214 Å². The molecule has 1 aromatic carbocycles. The minimum atomic E-state index is -4.83. The standard InChI is InChI=1S/C25H24F3N3O5S/c26-25(27,28)35-19-4-2-1-3-17(19)21-18(22(36-30-21)13-5-6-13)12-34-16-9-14-7-8-15(10-16)31(14)24-29-11-20(37-24)23(32)33/h1-4,11,13-16H,5-10,12H2,(H,32,33)/t14-,15+,16?. The predicted molar refractivity (Wildman–Crippen MR) is 127 cm³/mol. The van der Waals surface area contributed by atoms with Crippen molar-refractivity contribution in [2.75, 3.05) is 4.90 Å². The number of thiazole rings is 1. The molecular formula is C25H24F3N3O5S. The van der Waals surface area contributed by atoms with Gasteiger partial charge in [-0.3, -0.25) is 0 Å². The maximum Gasteiger partial charge on any atom is 0.573 e. The summed E-state index contributed by atoms with van der Waals surface area (Å²) in [5.41, 5.74) is 1.19. The van der Waals surface area contributed by atoms with E-state index >= 15 is 0 Å². The largest absolute Gasteiger partial charge is 0.573 e. The van der Waals surface area contributed by atoms with Gasteiger partial charge in [-0.15, -0.1) is 13.2 Å². The van der Waals surface area contributed by atoms with E-state index in [2.05, 4.69) is 19.8 Å². The fourth-order valence-corrected chi connectivity index (χ4v) is 6.37. The molecule has 1 unspecified atom stereocenters. The summed E-state index contributed by atoms with van der Waals surface area (Å²) in [5.74, 6) is -0.446. The molecule has 196 valence electrons. The number of nitrogens with zero attached hydrogens (tertiary/aromatic N) is 3. The second-order valence-corrected chi connectivity index (χ2v) is 10.7. The molecule has 37 heavy (non-hydrogen) atoms. The predicted octanol–water partition coefficient (Wildman–Crippen LogP) is 5.99. The summed E-state index contributed by atoms with van der Waals surface area (Å²) in [5, 5.41) is 14.1. The molecule has 3 aromatic rings. The highest BCUT2D eigenvalue weighted by atomic mass is 32.1. The lowest BCUT2D eigenvalue weighted by molar-refractivity contribution is -0.274. The van der Waals surface area contributed by atoms with Gasteiger partial charge in [-0.05, 0) is 50.7 Å². The van der Waals surface area contributed by atoms with Crippen LogP contribution in [0.5, 0.6) is 5.75 Å². The highest BCUT2D eigenvalue weighted by Crippen LogP contribution is 2.46. The van der Waals surface area contributed by atoms with Crippen LogP contribution in [0.2, 0.25) is 0 Å². The third-order valence-corrected chi connectivity index (χ3v) is 8.21. The van der Waals surface area contributed by atoms with Gasteiger partial charge in [0.2, 0.25) is 0 Å². The zero-order chi connectivity index (χ0) is 25.7. The van der Waals surface area contributed by atoms with Gasteiger partial charge >= 0.3 is 12.3 Å². The van der Waals surface area contributed by atoms with E-state index < -0.39 is 12.3 Å². The molecule has 12 heteroatoms. The van der Waals surface area contributed by atoms with Crippen molar-refractivity contribution in [1.82, 2.24) is 10.1 Å². The molecule has 8 nitrogen and oxygen atoms in total. The quantitative estimate of drug-likeness (QED) is 0.376. The van der Waals surface area contributed by atoms with Crippen molar-refractivity contribution in [3.05, 3.63) is 46.7 Å². The van der Waals surface area contributed by atoms with Gasteiger partial charge in [0, 0.05) is 29.1 Å². The summed E-state index contributed by atoms with van der Waals surface area (Å²) in [6.45, 7) is 0.176. The third-order valence-electron chi connectivity index (χ3n) is 7.21. The van der Waals surface area contributed by atoms with E-state index in [-0.39, 0.29) is 46.9 Å². The Morgan fingerprint density at radius 2 is 1.89 bits per heavy atom. The Kier molecular flexibility index (Phi) is 6.10. The number of halogens is 3. The molecule has 2 aromatic heterocycles. The van der Waals surface area contributed by atoms with Gasteiger partial charge < -0.3 is 24.0 Å². The summed E-state index contributed by atoms with van der Waals surface area (Å²) in [7, 11) is 0. The van der Waals surface area contributed by atoms with Crippen molar-refractivity contribution in [2.45, 2.75) is 75.6 Å². The number of carboxylic acids is 1. The number of rotatable bonds is 8. The monoisotopic (exact) mass is 535 g/mol. The Hall–Kier alpha value is -3.12. The summed E-state index contributed by atoms with van der Waals surface area (Å²) in [6.07, 6.45) is 1.86. The first-order valence-corrected chi connectivity index (χ1v) is 13.0. The van der Waals surface area contributed by atoms with Crippen molar-refractivity contribution in [3.63, 3.8) is 0 Å². The lowest BCUT2D eigenvalue weighted by Gasteiger charge is -2.38. The number of anilines is 1. The smallest absolute Gasteiger partial charge is 0.477 e. The molecule has 3 atom stereocenters. The lowest BCUT2D eigenvalue weighted by Crippen LogP contribution is -2.45. The Balaban J connectivity index is 1.20. The van der Waals surface area contributed by atoms with Crippen LogP contribution in [0.4, 0.5) is 18.3 Å². The van der Waals surface area contributed by atoms with Gasteiger partial charge in [0.25, 0.3) is 0 Å². The van der Waals surface area contributed by atoms with Gasteiger partial charge in [-0.25, -0.2) is 9.78 Å². The highest BCUT2D eigenvalue weighted by Gasteiger charge is 2.43. The molecule has 4 heterocycles. The molecule has 1 saturated carbocycles. The van der Waals surface area contributed by atoms with E-state index in [1.807, 2.05) is 0 Å². The molecule has 2 bridgehead atoms. The average molecular weight is 536 g/mol. The van der Waals surface area contributed by atoms with Gasteiger partial charge in [0.15, 0.2) is 5.13 Å². The Bertz CT molecular complexity index is 1290. The van der Waals surface area contributed by atoms with Crippen molar-refractivity contribution in [3.8, 4) is 17.0 Å². The van der Waals surface area contributed by atoms with E-state index in [1.165, 1.54) is 35.7 Å². The van der Waals surface area contributed by atoms with Crippen molar-refractivity contribution >= 4 is 22.4 Å². The molecule has 6 rings (SSSR count). The van der Waals surface area contributed by atoms with Crippen molar-refractivity contribution < 1.29 is 37.1 Å². The van der Waals surface area contributed by atoms with Crippen LogP contribution in [0.1, 0.15) is 65.4 Å². The lowest BCUT2D eigenvalue weighted by atomic mass is 10.00. The maximum absolute atomic E-state index is 13.0. The van der Waals surface area contributed by atoms with Crippen LogP contribution < -0.4 is 9.64 Å². The van der Waals surface area contributed by atoms with E-state index in [4.69, 9.17) is 9.26 Å². The van der Waals surface area contributed by atoms with Crippen LogP contribution in [0.15, 0.2) is 35.0 Å². The second-order valence-electron chi connectivity index (χ2n) is 9.70. The molecule has 1 aliphatic carbocycles. The van der Waals surface area contributed by atoms with Crippen LogP contribution in [-0.2, 0) is 11.3 Å². The topological polar surface area (TPSA) is 97.9 Å². The number of fused-ring (bicyclic) bond motifs is 2. The fourth-order valence-electron chi connectivity index (χ4n) is 5.48. The molecule has 2 saturated heterocycles. The number of carbonyl (C=O) groups is 1. The molecule has 0 amide bonds. The Morgan fingerprint density at radius 1 is 1.16 bits per heavy atom. The number of aromatic nitrogens is 2. The van der Waals surface area contributed by atoms with E-state index in [1.54, 1.807) is 6.07 Å². The van der Waals surface area contributed by atoms with Crippen molar-refractivity contribution in [2.24, 2.45) is 0 Å². The summed E-state index contributed by atoms with van der Waals surface area (Å²) < 4.78 is 55.3. The molecular weight excluding hydrogens is 511 g/mol. The molecule has 3 fully saturated rings. The van der Waals surface area contributed by atoms with Crippen LogP contribution in [-0.4, -0.2) is 45.8 Å². The SMILES string of the molecule is O=C(O)c1cnc(N2[C@@H]3CC[C@H]2CC(OCc2c(-c4ccccc4OC(F)(F)F)noc2C2CC2)C3)s1. The van der Waals surface area contributed by atoms with Crippen LogP contribution in [0.25, 0.3) is 11.3 Å². The summed E-state index contributed by atoms with van der Waals surface area (Å²) >= 11 is 1.19. The number of para-hydroxylation sites is 1. The first-order chi connectivity index (χ1) is 17.8. The molecule has 1 N–H and O–H groups in total. The molecule has 0 radical (unpaired) electrons. The maximum atomic E-state index is 13.0. The van der Waals surface area contributed by atoms with Crippen LogP contribution in [0, 0.1) is 0 Å². The number of carboxylic acid groups (broad SMARTS) is 1. The summed E-state index contributed by atoms with van der Waals surface area (Å²) in [6, 6.07) is 6.31. The number of alkyl halides is 3. The number of piperidine rings is 1. The van der Waals surface area contributed by atoms with Crippen molar-refractivity contribution in [1.29, 1.82) is 0 Å². The molecule has 2 aliphatic heterocycles. The number of aromatic carboxylic acids is 1. The zero-order valence-electron chi connectivity index (χ0n) is 19.6. The fraction of sp³-hybridized carbons (Fsp3) is 0.480. The minimum Gasteiger partial charge on any atom is -0.477 e. The van der Waals surface area contributed by atoms with Gasteiger partial charge in [-0.2, -0.15) is 0 Å². The average Bonchev–Trinajstić information content (AvgIpc) is 3.30. The first kappa shape index (κ1) is 24.2. The van der Waals surface area contributed by atoms with Gasteiger partial charge in [0.05, 0.1) is 18.9 Å². The van der Waals surface area contributed by atoms with E-state index in [0.717, 1.165) is 43.7 Å². The number of hydrogen-bond donors (Lipinski definition) is 1. The van der Waals surface area contributed by atoms with Gasteiger partial charge in [-0.1, -0.05) is 28.6 Å². The van der Waals surface area contributed by atoms with Crippen LogP contribution >= 0.6 is 11.3 Å². The Morgan fingerprint density at radius 3 is 2.54 bits per heavy atom. The zero-order valence-corrected chi connectivity index (χ0v) is 20.4. The van der Waals surface area contributed by atoms with E-state index in [9.17, 15) is 23.1 Å². The highest BCUT2D eigenvalue weighted by molar-refractivity contribution is 7.17. The van der Waals surface area contributed by atoms with E-state index in [0.29, 0.717) is 17.0 Å². The van der Waals surface area contributed by atoms with Crippen LogP contribution in [0.3, 0.4) is 0 Å². The minimum absolute atomic E-state index is 0.0517. The molecule has 0 spiro atoms.